The van der Waals surface area contributed by atoms with Gasteiger partial charge in [-0.05, 0) is 55.3 Å². The minimum atomic E-state index is -0.980. The normalized spacial score (nSPS) is 12.9. The van der Waals surface area contributed by atoms with Gasteiger partial charge in [0.1, 0.15) is 12.4 Å². The molecule has 0 saturated carbocycles. The van der Waals surface area contributed by atoms with Gasteiger partial charge in [-0.25, -0.2) is 9.78 Å². The van der Waals surface area contributed by atoms with Crippen LogP contribution in [0.2, 0.25) is 0 Å². The van der Waals surface area contributed by atoms with Gasteiger partial charge in [-0.2, -0.15) is 0 Å². The van der Waals surface area contributed by atoms with Crippen molar-refractivity contribution in [2.24, 2.45) is 0 Å². The van der Waals surface area contributed by atoms with E-state index in [0.29, 0.717) is 28.2 Å². The molecule has 1 heterocycles. The van der Waals surface area contributed by atoms with Gasteiger partial charge < -0.3 is 14.6 Å². The number of nitrogens with zero attached hydrogens (tertiary/aromatic N) is 2. The van der Waals surface area contributed by atoms with E-state index in [-0.39, 0.29) is 24.7 Å². The molecule has 0 aliphatic carbocycles. The van der Waals surface area contributed by atoms with Crippen molar-refractivity contribution in [2.75, 3.05) is 0 Å². The molecule has 180 valence electrons. The fourth-order valence-electron chi connectivity index (χ4n) is 3.77. The summed E-state index contributed by atoms with van der Waals surface area (Å²) >= 11 is 0. The first-order chi connectivity index (χ1) is 17.0. The lowest BCUT2D eigenvalue weighted by Gasteiger charge is -2.18. The maximum Gasteiger partial charge on any atom is 0.333 e. The van der Waals surface area contributed by atoms with E-state index in [0.717, 1.165) is 12.0 Å². The second-order valence-electron chi connectivity index (χ2n) is 8.34. The molecule has 0 amide bonds. The van der Waals surface area contributed by atoms with Crippen molar-refractivity contribution in [2.45, 2.75) is 45.5 Å². The molecule has 0 radical (unpaired) electrons. The van der Waals surface area contributed by atoms with Crippen molar-refractivity contribution in [3.05, 3.63) is 101 Å². The van der Waals surface area contributed by atoms with Gasteiger partial charge in [0, 0.05) is 6.42 Å². The van der Waals surface area contributed by atoms with Crippen LogP contribution in [0.25, 0.3) is 16.6 Å². The number of ether oxygens (including phenoxy) is 2. The number of rotatable bonds is 10. The molecule has 7 nitrogen and oxygen atoms in total. The highest BCUT2D eigenvalue weighted by molar-refractivity contribution is 5.77. The Balaban J connectivity index is 1.55. The van der Waals surface area contributed by atoms with Crippen LogP contribution in [0, 0.1) is 0 Å². The van der Waals surface area contributed by atoms with E-state index in [2.05, 4.69) is 0 Å². The number of aliphatic carboxylic acids is 1. The first-order valence-corrected chi connectivity index (χ1v) is 11.6. The van der Waals surface area contributed by atoms with Crippen LogP contribution < -0.4 is 10.3 Å². The lowest BCUT2D eigenvalue weighted by molar-refractivity contribution is -0.153. The molecule has 4 aromatic rings. The summed E-state index contributed by atoms with van der Waals surface area (Å²) in [7, 11) is 0. The van der Waals surface area contributed by atoms with Gasteiger partial charge in [-0.3, -0.25) is 9.36 Å². The summed E-state index contributed by atoms with van der Waals surface area (Å²) in [6.45, 7) is 3.91. The number of hydrogen-bond donors (Lipinski definition) is 1. The molecule has 2 atom stereocenters. The Morgan fingerprint density at radius 1 is 1.00 bits per heavy atom. The Hall–Kier alpha value is -3.97. The molecular weight excluding hydrogens is 444 g/mol. The van der Waals surface area contributed by atoms with Gasteiger partial charge in [0.15, 0.2) is 11.9 Å². The van der Waals surface area contributed by atoms with Crippen molar-refractivity contribution in [3.63, 3.8) is 0 Å². The molecule has 7 heteroatoms. The number of carbonyl (C=O) groups is 1. The van der Waals surface area contributed by atoms with E-state index in [1.165, 1.54) is 0 Å². The van der Waals surface area contributed by atoms with Crippen molar-refractivity contribution in [1.82, 2.24) is 9.55 Å². The standard InChI is InChI=1S/C28H28N2O5/c1-3-19(2)35-25(28(32)33)17-20-13-15-22(16-14-20)34-18-26-29-24-12-8-7-11-23(24)27(31)30(26)21-9-5-4-6-10-21/h4-16,19,25H,3,17-18H2,1-2H3,(H,32,33). The molecule has 1 aromatic heterocycles. The summed E-state index contributed by atoms with van der Waals surface area (Å²) in [5.74, 6) is 0.0919. The molecular formula is C28H28N2O5. The number of carboxylic acid groups (broad SMARTS) is 1. The number of aromatic nitrogens is 2. The van der Waals surface area contributed by atoms with Gasteiger partial charge >= 0.3 is 5.97 Å². The molecule has 0 spiro atoms. The van der Waals surface area contributed by atoms with E-state index >= 15 is 0 Å². The first kappa shape index (κ1) is 24.2. The predicted molar refractivity (Wildman–Crippen MR) is 134 cm³/mol. The zero-order valence-corrected chi connectivity index (χ0v) is 19.8. The highest BCUT2D eigenvalue weighted by Gasteiger charge is 2.21. The molecule has 4 rings (SSSR count). The highest BCUT2D eigenvalue weighted by atomic mass is 16.5. The predicted octanol–water partition coefficient (Wildman–Crippen LogP) is 4.78. The highest BCUT2D eigenvalue weighted by Crippen LogP contribution is 2.18. The van der Waals surface area contributed by atoms with Gasteiger partial charge in [0.2, 0.25) is 0 Å². The summed E-state index contributed by atoms with van der Waals surface area (Å²) in [6, 6.07) is 23.8. The third-order valence-electron chi connectivity index (χ3n) is 5.82. The summed E-state index contributed by atoms with van der Waals surface area (Å²) < 4.78 is 13.2. The molecule has 35 heavy (non-hydrogen) atoms. The van der Waals surface area contributed by atoms with Crippen LogP contribution in [-0.2, 0) is 22.6 Å². The minimum Gasteiger partial charge on any atom is -0.486 e. The average molecular weight is 473 g/mol. The number of carboxylic acids is 1. The molecule has 0 bridgehead atoms. The number of hydrogen-bond acceptors (Lipinski definition) is 5. The molecule has 3 aromatic carbocycles. The van der Waals surface area contributed by atoms with Crippen molar-refractivity contribution >= 4 is 16.9 Å². The largest absolute Gasteiger partial charge is 0.486 e. The number of para-hydroxylation sites is 2. The molecule has 0 aliphatic heterocycles. The second kappa shape index (κ2) is 11.0. The van der Waals surface area contributed by atoms with Crippen LogP contribution in [0.1, 0.15) is 31.7 Å². The average Bonchev–Trinajstić information content (AvgIpc) is 2.88. The second-order valence-corrected chi connectivity index (χ2v) is 8.34. The maximum absolute atomic E-state index is 13.3. The smallest absolute Gasteiger partial charge is 0.333 e. The van der Waals surface area contributed by atoms with Gasteiger partial charge in [0.05, 0.1) is 22.7 Å². The fourth-order valence-corrected chi connectivity index (χ4v) is 3.77. The SMILES string of the molecule is CCC(C)OC(Cc1ccc(OCc2nc3ccccc3c(=O)n2-c2ccccc2)cc1)C(=O)O. The summed E-state index contributed by atoms with van der Waals surface area (Å²) in [5.41, 5.74) is 2.00. The van der Waals surface area contributed by atoms with Crippen molar-refractivity contribution < 1.29 is 19.4 Å². The van der Waals surface area contributed by atoms with Crippen molar-refractivity contribution in [3.8, 4) is 11.4 Å². The molecule has 0 saturated heterocycles. The van der Waals surface area contributed by atoms with E-state index in [1.807, 2.05) is 74.5 Å². The van der Waals surface area contributed by atoms with Gasteiger partial charge in [0.25, 0.3) is 5.56 Å². The van der Waals surface area contributed by atoms with E-state index in [9.17, 15) is 14.7 Å². The van der Waals surface area contributed by atoms with Crippen LogP contribution >= 0.6 is 0 Å². The summed E-state index contributed by atoms with van der Waals surface area (Å²) in [6.07, 6.45) is -0.0261. The Kier molecular flexibility index (Phi) is 7.57. The lowest BCUT2D eigenvalue weighted by Crippen LogP contribution is -2.30. The Morgan fingerprint density at radius 3 is 2.37 bits per heavy atom. The van der Waals surface area contributed by atoms with Crippen molar-refractivity contribution in [1.29, 1.82) is 0 Å². The summed E-state index contributed by atoms with van der Waals surface area (Å²) in [4.78, 5) is 29.5. The summed E-state index contributed by atoms with van der Waals surface area (Å²) in [5, 5.41) is 10.0. The van der Waals surface area contributed by atoms with Crippen LogP contribution in [0.3, 0.4) is 0 Å². The Labute approximate surface area is 203 Å². The van der Waals surface area contributed by atoms with Crippen LogP contribution in [-0.4, -0.2) is 32.8 Å². The molecule has 0 aliphatic rings. The molecule has 2 unspecified atom stereocenters. The topological polar surface area (TPSA) is 90.7 Å². The van der Waals surface area contributed by atoms with E-state index < -0.39 is 12.1 Å². The van der Waals surface area contributed by atoms with Crippen LogP contribution in [0.4, 0.5) is 0 Å². The Morgan fingerprint density at radius 2 is 1.69 bits per heavy atom. The minimum absolute atomic E-state index is 0.0865. The fraction of sp³-hybridized carbons (Fsp3) is 0.250. The van der Waals surface area contributed by atoms with Gasteiger partial charge in [-0.15, -0.1) is 0 Å². The van der Waals surface area contributed by atoms with E-state index in [1.54, 1.807) is 22.8 Å². The zero-order chi connectivity index (χ0) is 24.8. The van der Waals surface area contributed by atoms with Crippen LogP contribution in [0.5, 0.6) is 5.75 Å². The van der Waals surface area contributed by atoms with Gasteiger partial charge in [-0.1, -0.05) is 49.4 Å². The number of fused-ring (bicyclic) bond motifs is 1. The third kappa shape index (κ3) is 5.75. The monoisotopic (exact) mass is 472 g/mol. The molecule has 0 fully saturated rings. The Bertz CT molecular complexity index is 1350. The maximum atomic E-state index is 13.3. The molecule has 1 N–H and O–H groups in total. The number of benzene rings is 3. The first-order valence-electron chi connectivity index (χ1n) is 11.6. The van der Waals surface area contributed by atoms with Crippen LogP contribution in [0.15, 0.2) is 83.7 Å². The lowest BCUT2D eigenvalue weighted by atomic mass is 10.1. The quantitative estimate of drug-likeness (QED) is 0.357. The zero-order valence-electron chi connectivity index (χ0n) is 19.8. The van der Waals surface area contributed by atoms with E-state index in [4.69, 9.17) is 14.5 Å². The third-order valence-corrected chi connectivity index (χ3v) is 5.82.